The maximum Gasteiger partial charge on any atom is 0.341 e. The van der Waals surface area contributed by atoms with Gasteiger partial charge in [0, 0.05) is 23.1 Å². The molecule has 0 radical (unpaired) electrons. The second-order valence-corrected chi connectivity index (χ2v) is 11.7. The first kappa shape index (κ1) is 31.4. The molecule has 0 atom stereocenters. The fourth-order valence-corrected chi connectivity index (χ4v) is 6.74. The molecule has 42 heavy (non-hydrogen) atoms. The molecule has 2 heterocycles. The van der Waals surface area contributed by atoms with Gasteiger partial charge in [0.1, 0.15) is 16.5 Å². The van der Waals surface area contributed by atoms with E-state index in [1.807, 2.05) is 4.57 Å². The molecule has 2 N–H and O–H groups in total. The second-order valence-electron chi connectivity index (χ2n) is 9.66. The molecular formula is C29H37N5O6S2. The van der Waals surface area contributed by atoms with E-state index in [0.717, 1.165) is 49.0 Å². The van der Waals surface area contributed by atoms with Gasteiger partial charge < -0.3 is 29.4 Å². The van der Waals surface area contributed by atoms with E-state index in [2.05, 4.69) is 27.8 Å². The molecule has 0 bridgehead atoms. The highest BCUT2D eigenvalue weighted by molar-refractivity contribution is 7.99. The summed E-state index contributed by atoms with van der Waals surface area (Å²) in [5.41, 5.74) is 1.90. The van der Waals surface area contributed by atoms with Crippen LogP contribution in [-0.4, -0.2) is 59.1 Å². The number of nitrogens with zero attached hydrogens (tertiary/aromatic N) is 3. The lowest BCUT2D eigenvalue weighted by Crippen LogP contribution is -2.25. The number of fused-ring (bicyclic) bond motifs is 1. The number of thioether (sulfide) groups is 1. The quantitative estimate of drug-likeness (QED) is 0.192. The molecule has 0 spiro atoms. The summed E-state index contributed by atoms with van der Waals surface area (Å²) in [5, 5.41) is 15.6. The Labute approximate surface area is 253 Å². The SMILES string of the molecule is CCCCn1c(CNC(=O)c2cc(OC)cc(OC)c2)nnc1SCC(=O)Nc1sc2c(c1C(=O)OCC)CCCC2. The number of anilines is 1. The molecule has 2 amide bonds. The van der Waals surface area contributed by atoms with Crippen LogP contribution >= 0.6 is 23.1 Å². The summed E-state index contributed by atoms with van der Waals surface area (Å²) in [7, 11) is 3.05. The summed E-state index contributed by atoms with van der Waals surface area (Å²) < 4.78 is 17.8. The summed E-state index contributed by atoms with van der Waals surface area (Å²) in [4.78, 5) is 39.8. The predicted molar refractivity (Wildman–Crippen MR) is 162 cm³/mol. The highest BCUT2D eigenvalue weighted by Gasteiger charge is 2.27. The average Bonchev–Trinajstić information content (AvgIpc) is 3.57. The van der Waals surface area contributed by atoms with E-state index in [9.17, 15) is 14.4 Å². The molecule has 11 nitrogen and oxygen atoms in total. The van der Waals surface area contributed by atoms with E-state index >= 15 is 0 Å². The number of hydrogen-bond donors (Lipinski definition) is 2. The summed E-state index contributed by atoms with van der Waals surface area (Å²) in [6.07, 6.45) is 5.65. The Bertz CT molecular complexity index is 1400. The van der Waals surface area contributed by atoms with Gasteiger partial charge in [0.2, 0.25) is 5.91 Å². The van der Waals surface area contributed by atoms with Crippen LogP contribution < -0.4 is 20.1 Å². The lowest BCUT2D eigenvalue weighted by molar-refractivity contribution is -0.113. The number of amides is 2. The van der Waals surface area contributed by atoms with Gasteiger partial charge in [0.15, 0.2) is 11.0 Å². The standard InChI is InChI=1S/C29H37N5O6S2/c1-5-7-12-34-23(16-30-26(36)18-13-19(38-3)15-20(14-18)39-4)32-33-29(34)41-17-24(35)31-27-25(28(37)40-6-2)21-10-8-9-11-22(21)42-27/h13-15H,5-12,16-17H2,1-4H3,(H,30,36)(H,31,35). The van der Waals surface area contributed by atoms with Crippen molar-refractivity contribution in [1.29, 1.82) is 0 Å². The molecule has 0 unspecified atom stereocenters. The van der Waals surface area contributed by atoms with Crippen molar-refractivity contribution in [1.82, 2.24) is 20.1 Å². The number of aromatic nitrogens is 3. The van der Waals surface area contributed by atoms with Crippen LogP contribution in [0.2, 0.25) is 0 Å². The molecule has 0 aliphatic heterocycles. The van der Waals surface area contributed by atoms with Gasteiger partial charge >= 0.3 is 5.97 Å². The van der Waals surface area contributed by atoms with Crippen LogP contribution in [0.25, 0.3) is 0 Å². The molecule has 13 heteroatoms. The Kier molecular flexibility index (Phi) is 11.2. The zero-order valence-electron chi connectivity index (χ0n) is 24.4. The van der Waals surface area contributed by atoms with Crippen molar-refractivity contribution in [2.45, 2.75) is 70.6 Å². The van der Waals surface area contributed by atoms with Gasteiger partial charge in [-0.2, -0.15) is 0 Å². The van der Waals surface area contributed by atoms with Crippen LogP contribution in [-0.2, 0) is 35.5 Å². The summed E-state index contributed by atoms with van der Waals surface area (Å²) in [6.45, 7) is 4.94. The summed E-state index contributed by atoms with van der Waals surface area (Å²) in [6, 6.07) is 4.97. The third-order valence-electron chi connectivity index (χ3n) is 6.79. The van der Waals surface area contributed by atoms with E-state index < -0.39 is 5.97 Å². The topological polar surface area (TPSA) is 134 Å². The molecule has 0 saturated carbocycles. The first-order valence-corrected chi connectivity index (χ1v) is 15.9. The van der Waals surface area contributed by atoms with Gasteiger partial charge in [-0.3, -0.25) is 9.59 Å². The number of nitrogens with one attached hydrogen (secondary N) is 2. The number of carbonyl (C=O) groups is 3. The Hall–Kier alpha value is -3.58. The molecule has 2 aromatic heterocycles. The number of carbonyl (C=O) groups excluding carboxylic acids is 3. The summed E-state index contributed by atoms with van der Waals surface area (Å²) in [5.74, 6) is 0.769. The lowest BCUT2D eigenvalue weighted by atomic mass is 9.95. The molecule has 1 aliphatic rings. The van der Waals surface area contributed by atoms with Gasteiger partial charge in [-0.25, -0.2) is 4.79 Å². The van der Waals surface area contributed by atoms with Crippen molar-refractivity contribution >= 4 is 45.9 Å². The maximum absolute atomic E-state index is 13.0. The van der Waals surface area contributed by atoms with E-state index in [-0.39, 0.29) is 30.7 Å². The first-order chi connectivity index (χ1) is 20.4. The average molecular weight is 616 g/mol. The Morgan fingerprint density at radius 2 is 1.79 bits per heavy atom. The minimum Gasteiger partial charge on any atom is -0.497 e. The van der Waals surface area contributed by atoms with Gasteiger partial charge in [0.25, 0.3) is 5.91 Å². The van der Waals surface area contributed by atoms with Crippen molar-refractivity contribution in [3.63, 3.8) is 0 Å². The third-order valence-corrected chi connectivity index (χ3v) is 8.96. The zero-order valence-corrected chi connectivity index (χ0v) is 26.0. The number of hydrogen-bond acceptors (Lipinski definition) is 10. The van der Waals surface area contributed by atoms with Crippen LogP contribution in [0.3, 0.4) is 0 Å². The first-order valence-electron chi connectivity index (χ1n) is 14.1. The zero-order chi connectivity index (χ0) is 30.1. The number of rotatable bonds is 14. The van der Waals surface area contributed by atoms with Crippen molar-refractivity contribution < 1.29 is 28.6 Å². The number of unbranched alkanes of at least 4 members (excludes halogenated alkanes) is 1. The Morgan fingerprint density at radius 1 is 1.05 bits per heavy atom. The van der Waals surface area contributed by atoms with Crippen LogP contribution in [0.15, 0.2) is 23.4 Å². The number of esters is 1. The normalized spacial score (nSPS) is 12.4. The van der Waals surface area contributed by atoms with Gasteiger partial charge in [-0.15, -0.1) is 21.5 Å². The van der Waals surface area contributed by atoms with Crippen molar-refractivity contribution in [3.8, 4) is 11.5 Å². The second kappa shape index (κ2) is 15.1. The molecule has 4 rings (SSSR count). The van der Waals surface area contributed by atoms with E-state index in [0.29, 0.717) is 45.2 Å². The van der Waals surface area contributed by atoms with Crippen LogP contribution in [0, 0.1) is 0 Å². The van der Waals surface area contributed by atoms with Crippen LogP contribution in [0.1, 0.15) is 76.5 Å². The molecule has 3 aromatic rings. The number of benzene rings is 1. The largest absolute Gasteiger partial charge is 0.497 e. The van der Waals surface area contributed by atoms with Crippen LogP contribution in [0.4, 0.5) is 5.00 Å². The number of aryl methyl sites for hydroxylation is 1. The third kappa shape index (κ3) is 7.62. The molecular weight excluding hydrogens is 578 g/mol. The molecule has 226 valence electrons. The van der Waals surface area contributed by atoms with E-state index in [1.54, 1.807) is 25.1 Å². The van der Waals surface area contributed by atoms with E-state index in [1.165, 1.54) is 37.3 Å². The smallest absolute Gasteiger partial charge is 0.341 e. The maximum atomic E-state index is 13.0. The molecule has 1 aromatic carbocycles. The van der Waals surface area contributed by atoms with Gasteiger partial charge in [-0.1, -0.05) is 25.1 Å². The number of methoxy groups -OCH3 is 2. The minimum atomic E-state index is -0.391. The van der Waals surface area contributed by atoms with Crippen molar-refractivity contribution in [2.75, 3.05) is 31.9 Å². The highest BCUT2D eigenvalue weighted by atomic mass is 32.2. The van der Waals surface area contributed by atoms with Gasteiger partial charge in [0.05, 0.1) is 38.7 Å². The van der Waals surface area contributed by atoms with Gasteiger partial charge in [-0.05, 0) is 56.7 Å². The highest BCUT2D eigenvalue weighted by Crippen LogP contribution is 2.38. The van der Waals surface area contributed by atoms with Crippen LogP contribution in [0.5, 0.6) is 11.5 Å². The minimum absolute atomic E-state index is 0.0883. The number of ether oxygens (including phenoxy) is 3. The lowest BCUT2D eigenvalue weighted by Gasteiger charge is -2.12. The predicted octanol–water partition coefficient (Wildman–Crippen LogP) is 4.87. The number of thiophene rings is 1. The Balaban J connectivity index is 1.43. The molecule has 0 fully saturated rings. The fourth-order valence-electron chi connectivity index (χ4n) is 4.66. The summed E-state index contributed by atoms with van der Waals surface area (Å²) >= 11 is 2.73. The van der Waals surface area contributed by atoms with Crippen molar-refractivity contribution in [2.24, 2.45) is 0 Å². The van der Waals surface area contributed by atoms with Crippen molar-refractivity contribution in [3.05, 3.63) is 45.6 Å². The Morgan fingerprint density at radius 3 is 2.48 bits per heavy atom. The van der Waals surface area contributed by atoms with E-state index in [4.69, 9.17) is 14.2 Å². The molecule has 0 saturated heterocycles. The fraction of sp³-hybridized carbons (Fsp3) is 0.483. The monoisotopic (exact) mass is 615 g/mol. The molecule has 1 aliphatic carbocycles.